The summed E-state index contributed by atoms with van der Waals surface area (Å²) in [6, 6.07) is 10.8. The Bertz CT molecular complexity index is 1150. The molecule has 0 aliphatic heterocycles. The molecule has 0 aliphatic carbocycles. The Morgan fingerprint density at radius 3 is 2.39 bits per heavy atom. The molecule has 1 unspecified atom stereocenters. The van der Waals surface area contributed by atoms with Gasteiger partial charge in [0, 0.05) is 34.4 Å². The average molecular weight is 490 g/mol. The third-order valence-corrected chi connectivity index (χ3v) is 7.80. The first kappa shape index (κ1) is 25.0. The molecule has 176 valence electrons. The van der Waals surface area contributed by atoms with Crippen LogP contribution in [0.5, 0.6) is 11.5 Å². The molecule has 33 heavy (non-hydrogen) atoms. The van der Waals surface area contributed by atoms with Crippen LogP contribution < -0.4 is 9.47 Å². The Balaban J connectivity index is 1.81. The van der Waals surface area contributed by atoms with Gasteiger partial charge in [-0.15, -0.1) is 0 Å². The molecule has 3 rings (SSSR count). The predicted octanol–water partition coefficient (Wildman–Crippen LogP) is 5.72. The Hall–Kier alpha value is -2.61. The summed E-state index contributed by atoms with van der Waals surface area (Å²) in [5.74, 6) is 0.279. The highest BCUT2D eigenvalue weighted by atomic mass is 35.5. The summed E-state index contributed by atoms with van der Waals surface area (Å²) in [4.78, 5) is 13.1. The molecule has 2 aromatic carbocycles. The number of benzene rings is 2. The van der Waals surface area contributed by atoms with Crippen molar-refractivity contribution in [3.8, 4) is 11.5 Å². The van der Waals surface area contributed by atoms with E-state index >= 15 is 0 Å². The maximum atomic E-state index is 13.4. The zero-order valence-corrected chi connectivity index (χ0v) is 21.0. The summed E-state index contributed by atoms with van der Waals surface area (Å²) in [5, 5.41) is 10.6. The van der Waals surface area contributed by atoms with Crippen LogP contribution in [0.15, 0.2) is 46.2 Å². The average Bonchev–Trinajstić information content (AvgIpc) is 3.03. The summed E-state index contributed by atoms with van der Waals surface area (Å²) in [6.07, 6.45) is 0.585. The topological polar surface area (TPSA) is 83.8 Å². The van der Waals surface area contributed by atoms with Crippen LogP contribution in [-0.4, -0.2) is 33.9 Å². The van der Waals surface area contributed by atoms with Crippen molar-refractivity contribution < 1.29 is 23.9 Å². The van der Waals surface area contributed by atoms with Gasteiger partial charge in [0.1, 0.15) is 17.2 Å². The number of methoxy groups -OCH3 is 1. The van der Waals surface area contributed by atoms with Gasteiger partial charge in [0.05, 0.1) is 19.4 Å². The lowest BCUT2D eigenvalue weighted by Gasteiger charge is -2.13. The van der Waals surface area contributed by atoms with E-state index in [1.807, 2.05) is 26.0 Å². The van der Waals surface area contributed by atoms with E-state index in [1.165, 1.54) is 0 Å². The highest BCUT2D eigenvalue weighted by Gasteiger charge is 2.30. The van der Waals surface area contributed by atoms with Gasteiger partial charge in [-0.05, 0) is 69.5 Å². The van der Waals surface area contributed by atoms with E-state index < -0.39 is 17.1 Å². The van der Waals surface area contributed by atoms with Crippen LogP contribution in [0.25, 0.3) is 0 Å². The van der Waals surface area contributed by atoms with Crippen LogP contribution in [0.1, 0.15) is 39.3 Å². The third-order valence-electron chi connectivity index (χ3n) is 5.55. The van der Waals surface area contributed by atoms with Crippen molar-refractivity contribution in [3.63, 3.8) is 0 Å². The van der Waals surface area contributed by atoms with Gasteiger partial charge in [-0.25, -0.2) is 4.79 Å². The number of rotatable bonds is 9. The number of hydrogen-bond acceptors (Lipinski definition) is 4. The van der Waals surface area contributed by atoms with Crippen LogP contribution in [0, 0.1) is 27.7 Å². The van der Waals surface area contributed by atoms with Crippen molar-refractivity contribution in [3.05, 3.63) is 69.5 Å². The SMILES string of the molecule is COc1cccc([S+]([O-])c2c(C)c(C(=O)O)n(CCCOc3cc(C)c(Cl)c(C)c3)c2C)c1. The van der Waals surface area contributed by atoms with Gasteiger partial charge < -0.3 is 23.7 Å². The van der Waals surface area contributed by atoms with Crippen molar-refractivity contribution in [1.82, 2.24) is 4.57 Å². The molecule has 0 aliphatic rings. The Morgan fingerprint density at radius 2 is 1.79 bits per heavy atom. The Labute approximate surface area is 202 Å². The molecule has 8 heteroatoms. The number of aromatic nitrogens is 1. The van der Waals surface area contributed by atoms with Crippen molar-refractivity contribution in [2.45, 2.75) is 50.5 Å². The molecule has 1 atom stereocenters. The molecule has 1 heterocycles. The molecule has 0 spiro atoms. The number of hydrogen-bond donors (Lipinski definition) is 1. The molecule has 0 bridgehead atoms. The summed E-state index contributed by atoms with van der Waals surface area (Å²) >= 11 is 4.67. The monoisotopic (exact) mass is 489 g/mol. The molecular weight excluding hydrogens is 462 g/mol. The number of halogens is 1. The van der Waals surface area contributed by atoms with Crippen LogP contribution in [0.3, 0.4) is 0 Å². The standard InChI is InChI=1S/C25H28ClNO5S/c1-15-12-20(13-16(2)22(15)26)32-11-7-10-27-18(4)24(17(3)23(27)25(28)29)33(30)21-9-6-8-19(14-21)31-5/h6,8-9,12-14H,7,10-11H2,1-5H3,(H,28,29). The quantitative estimate of drug-likeness (QED) is 0.307. The summed E-state index contributed by atoms with van der Waals surface area (Å²) in [5.41, 5.74) is 3.22. The van der Waals surface area contributed by atoms with Crippen molar-refractivity contribution >= 4 is 28.7 Å². The zero-order chi connectivity index (χ0) is 24.3. The molecule has 0 saturated heterocycles. The molecule has 0 radical (unpaired) electrons. The Morgan fingerprint density at radius 1 is 1.12 bits per heavy atom. The lowest BCUT2D eigenvalue weighted by molar-refractivity contribution is 0.0683. The number of carboxylic acids is 1. The van der Waals surface area contributed by atoms with E-state index in [1.54, 1.807) is 49.8 Å². The predicted molar refractivity (Wildman–Crippen MR) is 130 cm³/mol. The van der Waals surface area contributed by atoms with Gasteiger partial charge in [0.15, 0.2) is 9.79 Å². The fraction of sp³-hybridized carbons (Fsp3) is 0.320. The molecule has 3 aromatic rings. The fourth-order valence-corrected chi connectivity index (χ4v) is 5.46. The second-order valence-corrected chi connectivity index (χ2v) is 9.66. The minimum absolute atomic E-state index is 0.150. The summed E-state index contributed by atoms with van der Waals surface area (Å²) in [7, 11) is 1.55. The number of aromatic carboxylic acids is 1. The number of carboxylic acid groups (broad SMARTS) is 1. The van der Waals surface area contributed by atoms with Gasteiger partial charge >= 0.3 is 5.97 Å². The molecule has 1 aromatic heterocycles. The largest absolute Gasteiger partial charge is 0.606 e. The Kier molecular flexibility index (Phi) is 8.00. The van der Waals surface area contributed by atoms with Crippen LogP contribution in [-0.2, 0) is 17.7 Å². The lowest BCUT2D eigenvalue weighted by atomic mass is 10.1. The number of carbonyl (C=O) groups is 1. The lowest BCUT2D eigenvalue weighted by Crippen LogP contribution is -2.13. The van der Waals surface area contributed by atoms with E-state index in [0.29, 0.717) is 46.4 Å². The van der Waals surface area contributed by atoms with E-state index in [9.17, 15) is 14.5 Å². The molecule has 0 saturated carbocycles. The molecular formula is C25H28ClNO5S. The number of aryl methyl sites for hydroxylation is 2. The van der Waals surface area contributed by atoms with Gasteiger partial charge in [0.2, 0.25) is 0 Å². The van der Waals surface area contributed by atoms with Crippen molar-refractivity contribution in [2.75, 3.05) is 13.7 Å². The van der Waals surface area contributed by atoms with Gasteiger partial charge in [-0.2, -0.15) is 0 Å². The summed E-state index contributed by atoms with van der Waals surface area (Å²) < 4.78 is 26.2. The van der Waals surface area contributed by atoms with E-state index in [-0.39, 0.29) is 5.69 Å². The van der Waals surface area contributed by atoms with Gasteiger partial charge in [-0.1, -0.05) is 17.7 Å². The van der Waals surface area contributed by atoms with Crippen LogP contribution in [0.2, 0.25) is 5.02 Å². The van der Waals surface area contributed by atoms with Crippen LogP contribution >= 0.6 is 11.6 Å². The highest BCUT2D eigenvalue weighted by molar-refractivity contribution is 7.91. The zero-order valence-electron chi connectivity index (χ0n) is 19.4. The fourth-order valence-electron chi connectivity index (χ4n) is 3.94. The first-order valence-electron chi connectivity index (χ1n) is 10.5. The third kappa shape index (κ3) is 5.32. The molecule has 1 N–H and O–H groups in total. The van der Waals surface area contributed by atoms with Crippen LogP contribution in [0.4, 0.5) is 0 Å². The minimum Gasteiger partial charge on any atom is -0.606 e. The first-order chi connectivity index (χ1) is 15.6. The van der Waals surface area contributed by atoms with E-state index in [0.717, 1.165) is 21.9 Å². The van der Waals surface area contributed by atoms with Crippen molar-refractivity contribution in [1.29, 1.82) is 0 Å². The highest BCUT2D eigenvalue weighted by Crippen LogP contribution is 2.33. The first-order valence-corrected chi connectivity index (χ1v) is 12.1. The smallest absolute Gasteiger partial charge is 0.352 e. The van der Waals surface area contributed by atoms with Crippen molar-refractivity contribution in [2.24, 2.45) is 0 Å². The second-order valence-electron chi connectivity index (χ2n) is 7.87. The molecule has 6 nitrogen and oxygen atoms in total. The van der Waals surface area contributed by atoms with E-state index in [4.69, 9.17) is 21.1 Å². The number of ether oxygens (including phenoxy) is 2. The normalized spacial score (nSPS) is 12.0. The number of nitrogens with zero attached hydrogens (tertiary/aromatic N) is 1. The summed E-state index contributed by atoms with van der Waals surface area (Å²) in [6.45, 7) is 8.20. The minimum atomic E-state index is -1.54. The maximum Gasteiger partial charge on any atom is 0.352 e. The van der Waals surface area contributed by atoms with E-state index in [2.05, 4.69) is 0 Å². The molecule has 0 fully saturated rings. The maximum absolute atomic E-state index is 13.4. The van der Waals surface area contributed by atoms with Gasteiger partial charge in [-0.3, -0.25) is 0 Å². The molecule has 0 amide bonds. The second kappa shape index (κ2) is 10.5. The van der Waals surface area contributed by atoms with Gasteiger partial charge in [0.25, 0.3) is 0 Å².